The van der Waals surface area contributed by atoms with E-state index in [1.165, 1.54) is 0 Å². The van der Waals surface area contributed by atoms with Gasteiger partial charge in [-0.2, -0.15) is 5.10 Å². The first-order chi connectivity index (χ1) is 9.99. The quantitative estimate of drug-likeness (QED) is 0.852. The number of hydrogen-bond donors (Lipinski definition) is 2. The molecular weight excluding hydrogens is 302 g/mol. The largest absolute Gasteiger partial charge is 0.504 e. The lowest BCUT2D eigenvalue weighted by atomic mass is 10.2. The van der Waals surface area contributed by atoms with E-state index in [0.29, 0.717) is 18.2 Å². The number of benzene rings is 1. The first-order valence-electron chi connectivity index (χ1n) is 7.13. The van der Waals surface area contributed by atoms with Crippen molar-refractivity contribution in [1.82, 2.24) is 9.78 Å². The minimum atomic E-state index is 0. The Balaban J connectivity index is 0.00000242. The highest BCUT2D eigenvalue weighted by Gasteiger charge is 2.07. The number of aromatic hydroxyl groups is 1. The molecule has 1 aromatic heterocycles. The maximum atomic E-state index is 9.58. The Kier molecular flexibility index (Phi) is 6.56. The van der Waals surface area contributed by atoms with Gasteiger partial charge >= 0.3 is 0 Å². The van der Waals surface area contributed by atoms with Crippen LogP contribution in [0.15, 0.2) is 24.3 Å². The van der Waals surface area contributed by atoms with Gasteiger partial charge in [0.1, 0.15) is 5.82 Å². The Morgan fingerprint density at radius 3 is 2.68 bits per heavy atom. The van der Waals surface area contributed by atoms with Gasteiger partial charge in [-0.15, -0.1) is 12.4 Å². The summed E-state index contributed by atoms with van der Waals surface area (Å²) >= 11 is 0. The molecule has 2 aromatic rings. The average molecular weight is 326 g/mol. The first kappa shape index (κ1) is 18.2. The monoisotopic (exact) mass is 325 g/mol. The minimum Gasteiger partial charge on any atom is -0.504 e. The van der Waals surface area contributed by atoms with Crippen LogP contribution in [0.5, 0.6) is 11.5 Å². The standard InChI is InChI=1S/C16H23N3O2.ClH/c1-11(2)10-19-12(3)7-16(18-19)17-9-13-5-6-14(20)15(8-13)21-4;/h5-8,11,20H,9-10H2,1-4H3,(H,17,18);1H. The molecular formula is C16H24ClN3O2. The highest BCUT2D eigenvalue weighted by molar-refractivity contribution is 5.85. The second-order valence-electron chi connectivity index (χ2n) is 5.61. The normalized spacial score (nSPS) is 10.4. The van der Waals surface area contributed by atoms with Crippen molar-refractivity contribution < 1.29 is 9.84 Å². The zero-order chi connectivity index (χ0) is 15.4. The molecule has 22 heavy (non-hydrogen) atoms. The number of phenolic OH excluding ortho intramolecular Hbond substituents is 1. The molecule has 0 saturated carbocycles. The van der Waals surface area contributed by atoms with Crippen molar-refractivity contribution in [1.29, 1.82) is 0 Å². The maximum absolute atomic E-state index is 9.58. The highest BCUT2D eigenvalue weighted by Crippen LogP contribution is 2.26. The molecule has 0 spiro atoms. The van der Waals surface area contributed by atoms with Crippen molar-refractivity contribution >= 4 is 18.2 Å². The van der Waals surface area contributed by atoms with Crippen LogP contribution >= 0.6 is 12.4 Å². The van der Waals surface area contributed by atoms with Crippen LogP contribution in [0.25, 0.3) is 0 Å². The fourth-order valence-corrected chi connectivity index (χ4v) is 2.15. The average Bonchev–Trinajstić information content (AvgIpc) is 2.77. The predicted molar refractivity (Wildman–Crippen MR) is 91.0 cm³/mol. The fraction of sp³-hybridized carbons (Fsp3) is 0.438. The van der Waals surface area contributed by atoms with E-state index >= 15 is 0 Å². The molecule has 5 nitrogen and oxygen atoms in total. The van der Waals surface area contributed by atoms with Crippen LogP contribution in [0.3, 0.4) is 0 Å². The third-order valence-electron chi connectivity index (χ3n) is 3.24. The Hall–Kier alpha value is -1.88. The van der Waals surface area contributed by atoms with Gasteiger partial charge < -0.3 is 15.2 Å². The number of halogens is 1. The number of rotatable bonds is 6. The topological polar surface area (TPSA) is 59.3 Å². The van der Waals surface area contributed by atoms with E-state index in [4.69, 9.17) is 4.74 Å². The number of aromatic nitrogens is 2. The van der Waals surface area contributed by atoms with Gasteiger partial charge in [-0.25, -0.2) is 0 Å². The van der Waals surface area contributed by atoms with Gasteiger partial charge in [-0.1, -0.05) is 19.9 Å². The van der Waals surface area contributed by atoms with Crippen molar-refractivity contribution in [2.45, 2.75) is 33.9 Å². The van der Waals surface area contributed by atoms with Crippen molar-refractivity contribution in [3.05, 3.63) is 35.5 Å². The molecule has 1 heterocycles. The summed E-state index contributed by atoms with van der Waals surface area (Å²) in [6, 6.07) is 7.36. The number of hydrogen-bond acceptors (Lipinski definition) is 4. The van der Waals surface area contributed by atoms with Crippen molar-refractivity contribution in [3.63, 3.8) is 0 Å². The molecule has 0 aliphatic carbocycles. The summed E-state index contributed by atoms with van der Waals surface area (Å²) in [5.74, 6) is 2.06. The molecule has 0 aliphatic rings. The van der Waals surface area contributed by atoms with Crippen LogP contribution in [0.4, 0.5) is 5.82 Å². The predicted octanol–water partition coefficient (Wildman–Crippen LogP) is 3.60. The van der Waals surface area contributed by atoms with Gasteiger partial charge in [0, 0.05) is 24.8 Å². The fourth-order valence-electron chi connectivity index (χ4n) is 2.15. The van der Waals surface area contributed by atoms with Gasteiger partial charge in [0.2, 0.25) is 0 Å². The Labute approximate surface area is 137 Å². The van der Waals surface area contributed by atoms with E-state index in [1.807, 2.05) is 22.9 Å². The molecule has 0 saturated heterocycles. The van der Waals surface area contributed by atoms with E-state index in [-0.39, 0.29) is 18.2 Å². The first-order valence-corrected chi connectivity index (χ1v) is 7.13. The molecule has 0 aliphatic heterocycles. The molecule has 2 rings (SSSR count). The van der Waals surface area contributed by atoms with Gasteiger partial charge in [0.25, 0.3) is 0 Å². The lowest BCUT2D eigenvalue weighted by Crippen LogP contribution is -2.08. The number of anilines is 1. The molecule has 0 radical (unpaired) electrons. The molecule has 2 N–H and O–H groups in total. The van der Waals surface area contributed by atoms with Crippen molar-refractivity contribution in [2.75, 3.05) is 12.4 Å². The van der Waals surface area contributed by atoms with Crippen molar-refractivity contribution in [3.8, 4) is 11.5 Å². The summed E-state index contributed by atoms with van der Waals surface area (Å²) in [7, 11) is 1.54. The SMILES string of the molecule is COc1cc(CNc2cc(C)n(CC(C)C)n2)ccc1O.Cl. The molecule has 0 fully saturated rings. The van der Waals surface area contributed by atoms with Crippen LogP contribution < -0.4 is 10.1 Å². The van der Waals surface area contributed by atoms with E-state index in [2.05, 4.69) is 31.2 Å². The Morgan fingerprint density at radius 1 is 1.32 bits per heavy atom. The summed E-state index contributed by atoms with van der Waals surface area (Å²) in [5, 5.41) is 17.4. The van der Waals surface area contributed by atoms with E-state index in [1.54, 1.807) is 13.2 Å². The van der Waals surface area contributed by atoms with Gasteiger partial charge in [0.05, 0.1) is 7.11 Å². The molecule has 0 unspecified atom stereocenters. The molecule has 122 valence electrons. The molecule has 0 bridgehead atoms. The minimum absolute atomic E-state index is 0. The van der Waals surface area contributed by atoms with Crippen LogP contribution in [0.1, 0.15) is 25.1 Å². The lowest BCUT2D eigenvalue weighted by Gasteiger charge is -2.08. The second-order valence-corrected chi connectivity index (χ2v) is 5.61. The number of aryl methyl sites for hydroxylation is 1. The van der Waals surface area contributed by atoms with E-state index < -0.39 is 0 Å². The zero-order valence-electron chi connectivity index (χ0n) is 13.5. The summed E-state index contributed by atoms with van der Waals surface area (Å²) in [4.78, 5) is 0. The maximum Gasteiger partial charge on any atom is 0.160 e. The van der Waals surface area contributed by atoms with Crippen molar-refractivity contribution in [2.24, 2.45) is 5.92 Å². The highest BCUT2D eigenvalue weighted by atomic mass is 35.5. The number of methoxy groups -OCH3 is 1. The molecule has 1 aromatic carbocycles. The summed E-state index contributed by atoms with van der Waals surface area (Å²) in [6.07, 6.45) is 0. The van der Waals surface area contributed by atoms with Crippen LogP contribution in [-0.2, 0) is 13.1 Å². The van der Waals surface area contributed by atoms with Gasteiger partial charge in [-0.05, 0) is 30.5 Å². The molecule has 0 amide bonds. The number of nitrogens with one attached hydrogen (secondary N) is 1. The number of ether oxygens (including phenoxy) is 1. The molecule has 0 atom stereocenters. The third-order valence-corrected chi connectivity index (χ3v) is 3.24. The van der Waals surface area contributed by atoms with E-state index in [9.17, 15) is 5.11 Å². The second kappa shape index (κ2) is 7.94. The number of nitrogens with zero attached hydrogens (tertiary/aromatic N) is 2. The summed E-state index contributed by atoms with van der Waals surface area (Å²) in [5.41, 5.74) is 2.18. The summed E-state index contributed by atoms with van der Waals surface area (Å²) in [6.45, 7) is 7.97. The van der Waals surface area contributed by atoms with Gasteiger partial charge in [-0.3, -0.25) is 4.68 Å². The van der Waals surface area contributed by atoms with Crippen LogP contribution in [0.2, 0.25) is 0 Å². The van der Waals surface area contributed by atoms with E-state index in [0.717, 1.165) is 23.6 Å². The Bertz CT molecular complexity index is 611. The third kappa shape index (κ3) is 4.56. The summed E-state index contributed by atoms with van der Waals surface area (Å²) < 4.78 is 7.13. The Morgan fingerprint density at radius 2 is 2.05 bits per heavy atom. The van der Waals surface area contributed by atoms with Crippen LogP contribution in [-0.4, -0.2) is 22.0 Å². The zero-order valence-corrected chi connectivity index (χ0v) is 14.3. The van der Waals surface area contributed by atoms with Gasteiger partial charge in [0.15, 0.2) is 11.5 Å². The molecule has 6 heteroatoms. The number of phenols is 1. The van der Waals surface area contributed by atoms with Crippen LogP contribution in [0, 0.1) is 12.8 Å². The lowest BCUT2D eigenvalue weighted by molar-refractivity contribution is 0.373. The smallest absolute Gasteiger partial charge is 0.160 e.